The van der Waals surface area contributed by atoms with Crippen molar-refractivity contribution < 1.29 is 6.48 Å². The highest BCUT2D eigenvalue weighted by atomic mass is 35.5. The molecule has 0 aliphatic heterocycles. The minimum absolute atomic E-state index is 0.211. The smallest absolute Gasteiger partial charge is 0.116 e. The van der Waals surface area contributed by atoms with Gasteiger partial charge < -0.3 is 5.11 Å². The maximum Gasteiger partial charge on any atom is 0.116 e. The van der Waals surface area contributed by atoms with Crippen molar-refractivity contribution in [1.82, 2.24) is 14.8 Å². The van der Waals surface area contributed by atoms with E-state index in [2.05, 4.69) is 10.3 Å². The van der Waals surface area contributed by atoms with E-state index in [1.54, 1.807) is 18.3 Å². The van der Waals surface area contributed by atoms with E-state index < -0.39 is 6.58 Å². The average Bonchev–Trinajstić information content (AvgIpc) is 2.46. The summed E-state index contributed by atoms with van der Waals surface area (Å²) in [6, 6.07) is 3.26. The highest BCUT2D eigenvalue weighted by Gasteiger charge is 2.03. The molecule has 2 aromatic rings. The molecule has 2 rings (SSSR count). The van der Waals surface area contributed by atoms with E-state index in [0.717, 1.165) is 0 Å². The third kappa shape index (κ3) is 1.05. The molecule has 0 aromatic carbocycles. The summed E-state index contributed by atoms with van der Waals surface area (Å²) in [6.07, 6.45) is 1.62. The van der Waals surface area contributed by atoms with E-state index in [-0.39, 0.29) is 5.69 Å². The molecule has 0 fully saturated rings. The van der Waals surface area contributed by atoms with Gasteiger partial charge in [0.1, 0.15) is 5.69 Å². The third-order valence-corrected chi connectivity index (χ3v) is 1.77. The normalized spacial score (nSPS) is 14.7. The first-order chi connectivity index (χ1) is 6.18. The SMILES string of the molecule is [2H]C(O)c1nnn2ccc(Cl)cc12. The predicted molar refractivity (Wildman–Crippen MR) is 43.9 cm³/mol. The van der Waals surface area contributed by atoms with E-state index in [0.29, 0.717) is 10.5 Å². The number of aromatic nitrogens is 3. The molecule has 4 nitrogen and oxygen atoms in total. The van der Waals surface area contributed by atoms with Crippen LogP contribution in [0.2, 0.25) is 5.02 Å². The summed E-state index contributed by atoms with van der Waals surface area (Å²) < 4.78 is 8.54. The van der Waals surface area contributed by atoms with Gasteiger partial charge in [0.05, 0.1) is 13.5 Å². The number of rotatable bonds is 1. The first-order valence-electron chi connectivity index (χ1n) is 3.87. The molecule has 2 aromatic heterocycles. The number of nitrogens with zero attached hydrogens (tertiary/aromatic N) is 3. The van der Waals surface area contributed by atoms with Crippen molar-refractivity contribution in [3.63, 3.8) is 0 Å². The summed E-state index contributed by atoms with van der Waals surface area (Å²) in [6.45, 7) is -1.38. The highest BCUT2D eigenvalue weighted by molar-refractivity contribution is 6.30. The largest absolute Gasteiger partial charge is 0.390 e. The zero-order valence-electron chi connectivity index (χ0n) is 6.98. The van der Waals surface area contributed by atoms with Crippen molar-refractivity contribution in [2.75, 3.05) is 0 Å². The second-order valence-corrected chi connectivity index (χ2v) is 2.71. The molecule has 0 saturated carbocycles. The first-order valence-corrected chi connectivity index (χ1v) is 3.67. The number of aliphatic hydroxyl groups is 1. The van der Waals surface area contributed by atoms with Gasteiger partial charge in [-0.3, -0.25) is 0 Å². The summed E-state index contributed by atoms with van der Waals surface area (Å²) in [4.78, 5) is 0. The van der Waals surface area contributed by atoms with Crippen molar-refractivity contribution in [2.45, 2.75) is 6.58 Å². The van der Waals surface area contributed by atoms with E-state index in [9.17, 15) is 0 Å². The van der Waals surface area contributed by atoms with Crippen LogP contribution < -0.4 is 0 Å². The summed E-state index contributed by atoms with van der Waals surface area (Å²) in [5, 5.41) is 16.9. The van der Waals surface area contributed by atoms with Crippen molar-refractivity contribution in [3.8, 4) is 0 Å². The third-order valence-electron chi connectivity index (χ3n) is 1.53. The summed E-state index contributed by atoms with van der Waals surface area (Å²) in [5.41, 5.74) is 0.762. The minimum Gasteiger partial charge on any atom is -0.390 e. The lowest BCUT2D eigenvalue weighted by Gasteiger charge is -1.92. The van der Waals surface area contributed by atoms with Gasteiger partial charge >= 0.3 is 0 Å². The van der Waals surface area contributed by atoms with Crippen molar-refractivity contribution in [3.05, 3.63) is 29.0 Å². The van der Waals surface area contributed by atoms with Gasteiger partial charge in [-0.25, -0.2) is 4.52 Å². The lowest BCUT2D eigenvalue weighted by atomic mass is 10.3. The quantitative estimate of drug-likeness (QED) is 0.716. The Labute approximate surface area is 74.8 Å². The van der Waals surface area contributed by atoms with Crippen molar-refractivity contribution in [2.24, 2.45) is 0 Å². The molecular weight excluding hydrogens is 178 g/mol. The predicted octanol–water partition coefficient (Wildman–Crippen LogP) is 0.875. The molecule has 0 bridgehead atoms. The zero-order chi connectivity index (χ0) is 9.42. The Morgan fingerprint density at radius 3 is 3.33 bits per heavy atom. The molecule has 5 heteroatoms. The van der Waals surface area contributed by atoms with Crippen LogP contribution in [0.25, 0.3) is 5.52 Å². The van der Waals surface area contributed by atoms with Gasteiger partial charge in [-0.1, -0.05) is 16.8 Å². The fourth-order valence-corrected chi connectivity index (χ4v) is 1.14. The van der Waals surface area contributed by atoms with Crippen LogP contribution in [-0.4, -0.2) is 19.9 Å². The Morgan fingerprint density at radius 2 is 2.58 bits per heavy atom. The molecule has 62 valence electrons. The van der Waals surface area contributed by atoms with Gasteiger partial charge in [0, 0.05) is 11.2 Å². The number of fused-ring (bicyclic) bond motifs is 1. The number of hydrogen-bond acceptors (Lipinski definition) is 3. The Morgan fingerprint density at radius 1 is 1.75 bits per heavy atom. The Kier molecular flexibility index (Phi) is 1.45. The van der Waals surface area contributed by atoms with Crippen molar-refractivity contribution in [1.29, 1.82) is 0 Å². The molecule has 0 aliphatic carbocycles. The van der Waals surface area contributed by atoms with E-state index in [4.69, 9.17) is 18.1 Å². The molecule has 2 heterocycles. The van der Waals surface area contributed by atoms with Crippen LogP contribution in [0.4, 0.5) is 0 Å². The first kappa shape index (κ1) is 6.39. The minimum atomic E-state index is -1.38. The number of pyridine rings is 1. The Balaban J connectivity index is 2.71. The summed E-state index contributed by atoms with van der Waals surface area (Å²) in [5.74, 6) is 0. The summed E-state index contributed by atoms with van der Waals surface area (Å²) in [7, 11) is 0. The second-order valence-electron chi connectivity index (χ2n) is 2.28. The van der Waals surface area contributed by atoms with Gasteiger partial charge in [-0.05, 0) is 12.1 Å². The number of halogens is 1. The fourth-order valence-electron chi connectivity index (χ4n) is 0.976. The van der Waals surface area contributed by atoms with E-state index >= 15 is 0 Å². The molecule has 1 N–H and O–H groups in total. The average molecular weight is 185 g/mol. The standard InChI is InChI=1S/C7H6ClN3O/c8-5-1-2-11-7(3-5)6(4-12)9-10-11/h1-3,12H,4H2/i4D. The van der Waals surface area contributed by atoms with Gasteiger partial charge in [-0.2, -0.15) is 0 Å². The fraction of sp³-hybridized carbons (Fsp3) is 0.143. The lowest BCUT2D eigenvalue weighted by Crippen LogP contribution is -1.86. The van der Waals surface area contributed by atoms with Gasteiger partial charge in [0.2, 0.25) is 0 Å². The zero-order valence-corrected chi connectivity index (χ0v) is 6.73. The van der Waals surface area contributed by atoms with Crippen LogP contribution >= 0.6 is 11.6 Å². The molecule has 1 unspecified atom stereocenters. The molecule has 0 spiro atoms. The molecular formula is C7H6ClN3O. The maximum atomic E-state index is 9.01. The van der Waals surface area contributed by atoms with E-state index in [1.807, 2.05) is 0 Å². The van der Waals surface area contributed by atoms with Gasteiger partial charge in [0.15, 0.2) is 0 Å². The summed E-state index contributed by atoms with van der Waals surface area (Å²) >= 11 is 5.74. The second kappa shape index (κ2) is 2.73. The van der Waals surface area contributed by atoms with Crippen LogP contribution in [0.5, 0.6) is 0 Å². The van der Waals surface area contributed by atoms with Crippen LogP contribution in [0.3, 0.4) is 0 Å². The van der Waals surface area contributed by atoms with Crippen molar-refractivity contribution >= 4 is 17.1 Å². The Bertz CT molecular complexity index is 442. The van der Waals surface area contributed by atoms with Crippen LogP contribution in [0.1, 0.15) is 7.06 Å². The topological polar surface area (TPSA) is 50.4 Å². The molecule has 0 saturated heterocycles. The maximum absolute atomic E-state index is 9.01. The van der Waals surface area contributed by atoms with Crippen LogP contribution in [0, 0.1) is 0 Å². The molecule has 0 amide bonds. The molecule has 0 aliphatic rings. The lowest BCUT2D eigenvalue weighted by molar-refractivity contribution is 0.278. The molecule has 0 radical (unpaired) electrons. The highest BCUT2D eigenvalue weighted by Crippen LogP contribution is 2.13. The Hall–Kier alpha value is -1.13. The molecule has 12 heavy (non-hydrogen) atoms. The van der Waals surface area contributed by atoms with Gasteiger partial charge in [-0.15, -0.1) is 5.10 Å². The van der Waals surface area contributed by atoms with Gasteiger partial charge in [0.25, 0.3) is 0 Å². The van der Waals surface area contributed by atoms with E-state index in [1.165, 1.54) is 4.52 Å². The molecule has 1 atom stereocenters. The monoisotopic (exact) mass is 184 g/mol. The number of aliphatic hydroxyl groups excluding tert-OH is 1. The van der Waals surface area contributed by atoms with Crippen LogP contribution in [-0.2, 0) is 6.58 Å². The van der Waals surface area contributed by atoms with Crippen LogP contribution in [0.15, 0.2) is 18.3 Å². The number of hydrogen-bond donors (Lipinski definition) is 1.